The third-order valence-electron chi connectivity index (χ3n) is 5.40. The largest absolute Gasteiger partial charge is 0.368 e. The first-order valence-corrected chi connectivity index (χ1v) is 9.14. The summed E-state index contributed by atoms with van der Waals surface area (Å²) in [6.45, 7) is 7.15. The molecular weight excluding hydrogens is 320 g/mol. The summed E-state index contributed by atoms with van der Waals surface area (Å²) in [5, 5.41) is 4.40. The summed E-state index contributed by atoms with van der Waals surface area (Å²) >= 11 is 0. The van der Waals surface area contributed by atoms with Crippen LogP contribution in [0.3, 0.4) is 0 Å². The van der Waals surface area contributed by atoms with Gasteiger partial charge in [0.05, 0.1) is 5.69 Å². The molecule has 0 aromatic carbocycles. The Bertz CT molecular complexity index is 641. The second-order valence-electron chi connectivity index (χ2n) is 6.98. The zero-order valence-corrected chi connectivity index (χ0v) is 15.5. The van der Waals surface area contributed by atoms with Crippen LogP contribution in [0.5, 0.6) is 0 Å². The summed E-state index contributed by atoms with van der Waals surface area (Å²) in [6.07, 6.45) is 2.73. The number of carbonyl (C=O) groups is 2. The fourth-order valence-electron chi connectivity index (χ4n) is 3.72. The molecule has 3 heterocycles. The minimum Gasteiger partial charge on any atom is -0.368 e. The van der Waals surface area contributed by atoms with E-state index in [1.807, 2.05) is 35.4 Å². The predicted octanol–water partition coefficient (Wildman–Crippen LogP) is 0.819. The molecule has 3 rings (SSSR count). The molecule has 25 heavy (non-hydrogen) atoms. The van der Waals surface area contributed by atoms with Crippen LogP contribution in [0.15, 0.2) is 0 Å². The Kier molecular flexibility index (Phi) is 5.42. The van der Waals surface area contributed by atoms with Gasteiger partial charge in [-0.15, -0.1) is 0 Å². The Hall–Kier alpha value is -1.89. The van der Waals surface area contributed by atoms with Gasteiger partial charge in [0.15, 0.2) is 0 Å². The highest BCUT2D eigenvalue weighted by Crippen LogP contribution is 2.17. The molecule has 0 spiro atoms. The van der Waals surface area contributed by atoms with Crippen LogP contribution in [0.4, 0.5) is 0 Å². The molecule has 2 amide bonds. The molecule has 7 heteroatoms. The number of ether oxygens (including phenoxy) is 1. The molecule has 1 atom stereocenters. The smallest absolute Gasteiger partial charge is 0.251 e. The minimum absolute atomic E-state index is 0.0891. The number of amides is 2. The van der Waals surface area contributed by atoms with Gasteiger partial charge in [-0.05, 0) is 38.7 Å². The fourth-order valence-corrected chi connectivity index (χ4v) is 3.72. The van der Waals surface area contributed by atoms with Crippen LogP contribution < -0.4 is 0 Å². The van der Waals surface area contributed by atoms with Gasteiger partial charge in [-0.3, -0.25) is 14.3 Å². The Labute approximate surface area is 148 Å². The zero-order chi connectivity index (χ0) is 18.0. The Morgan fingerprint density at radius 3 is 2.40 bits per heavy atom. The van der Waals surface area contributed by atoms with Gasteiger partial charge in [0.25, 0.3) is 5.91 Å². The molecule has 1 aromatic heterocycles. The van der Waals surface area contributed by atoms with Crippen molar-refractivity contribution >= 4 is 11.8 Å². The Morgan fingerprint density at radius 2 is 1.84 bits per heavy atom. The highest BCUT2D eigenvalue weighted by atomic mass is 16.5. The first kappa shape index (κ1) is 17.9. The number of rotatable bonds is 4. The summed E-state index contributed by atoms with van der Waals surface area (Å²) < 4.78 is 7.34. The summed E-state index contributed by atoms with van der Waals surface area (Å²) in [6, 6.07) is 0. The lowest BCUT2D eigenvalue weighted by atomic mass is 10.1. The number of aromatic nitrogens is 2. The van der Waals surface area contributed by atoms with Gasteiger partial charge in [0.1, 0.15) is 6.10 Å². The van der Waals surface area contributed by atoms with E-state index in [0.717, 1.165) is 30.7 Å². The first-order chi connectivity index (χ1) is 12.0. The standard InChI is InChI=1S/C18H28N4O3/c1-13-15(14(2)20(3)19-13)6-7-17(23)21-8-10-22(11-9-21)18(24)16-5-4-12-25-16/h16H,4-12H2,1-3H3. The van der Waals surface area contributed by atoms with Crippen molar-refractivity contribution in [3.8, 4) is 0 Å². The van der Waals surface area contributed by atoms with Crippen molar-refractivity contribution in [3.63, 3.8) is 0 Å². The van der Waals surface area contributed by atoms with E-state index >= 15 is 0 Å². The second-order valence-corrected chi connectivity index (χ2v) is 6.98. The predicted molar refractivity (Wildman–Crippen MR) is 93.1 cm³/mol. The van der Waals surface area contributed by atoms with Crippen molar-refractivity contribution in [2.75, 3.05) is 32.8 Å². The molecule has 7 nitrogen and oxygen atoms in total. The molecule has 2 fully saturated rings. The maximum absolute atomic E-state index is 12.5. The topological polar surface area (TPSA) is 67.7 Å². The number of piperazine rings is 1. The molecule has 2 aliphatic rings. The van der Waals surface area contributed by atoms with Gasteiger partial charge in [-0.25, -0.2) is 0 Å². The van der Waals surface area contributed by atoms with Crippen LogP contribution in [-0.4, -0.2) is 70.3 Å². The summed E-state index contributed by atoms with van der Waals surface area (Å²) in [5.74, 6) is 0.248. The highest BCUT2D eigenvalue weighted by Gasteiger charge is 2.31. The van der Waals surface area contributed by atoms with Gasteiger partial charge in [-0.2, -0.15) is 5.10 Å². The van der Waals surface area contributed by atoms with E-state index in [1.54, 1.807) is 0 Å². The fraction of sp³-hybridized carbons (Fsp3) is 0.722. The van der Waals surface area contributed by atoms with Gasteiger partial charge < -0.3 is 14.5 Å². The number of aryl methyl sites for hydroxylation is 2. The van der Waals surface area contributed by atoms with E-state index in [1.165, 1.54) is 5.56 Å². The average Bonchev–Trinajstić information content (AvgIpc) is 3.22. The SMILES string of the molecule is Cc1nn(C)c(C)c1CCC(=O)N1CCN(C(=O)C2CCCO2)CC1. The van der Waals surface area contributed by atoms with Crippen molar-refractivity contribution in [3.05, 3.63) is 17.0 Å². The number of nitrogens with zero attached hydrogens (tertiary/aromatic N) is 4. The molecule has 1 aromatic rings. The van der Waals surface area contributed by atoms with Crippen LogP contribution in [0, 0.1) is 13.8 Å². The lowest BCUT2D eigenvalue weighted by Crippen LogP contribution is -2.52. The maximum atomic E-state index is 12.5. The number of hydrogen-bond acceptors (Lipinski definition) is 4. The maximum Gasteiger partial charge on any atom is 0.251 e. The Morgan fingerprint density at radius 1 is 1.16 bits per heavy atom. The van der Waals surface area contributed by atoms with E-state index in [9.17, 15) is 9.59 Å². The lowest BCUT2D eigenvalue weighted by molar-refractivity contribution is -0.146. The number of hydrogen-bond donors (Lipinski definition) is 0. The van der Waals surface area contributed by atoms with Gasteiger partial charge >= 0.3 is 0 Å². The molecule has 2 aliphatic heterocycles. The first-order valence-electron chi connectivity index (χ1n) is 9.14. The molecule has 1 unspecified atom stereocenters. The van der Waals surface area contributed by atoms with Crippen molar-refractivity contribution in [2.45, 2.75) is 45.6 Å². The van der Waals surface area contributed by atoms with E-state index in [0.29, 0.717) is 39.2 Å². The molecule has 0 aliphatic carbocycles. The van der Waals surface area contributed by atoms with Crippen LogP contribution in [0.2, 0.25) is 0 Å². The third-order valence-corrected chi connectivity index (χ3v) is 5.40. The number of carbonyl (C=O) groups excluding carboxylic acids is 2. The van der Waals surface area contributed by atoms with Crippen LogP contribution in [0.25, 0.3) is 0 Å². The van der Waals surface area contributed by atoms with E-state index in [4.69, 9.17) is 4.74 Å². The molecule has 0 saturated carbocycles. The summed E-state index contributed by atoms with van der Waals surface area (Å²) in [7, 11) is 1.93. The van der Waals surface area contributed by atoms with Crippen LogP contribution in [-0.2, 0) is 27.8 Å². The molecule has 0 radical (unpaired) electrons. The normalized spacial score (nSPS) is 21.0. The quantitative estimate of drug-likeness (QED) is 0.808. The van der Waals surface area contributed by atoms with Crippen molar-refractivity contribution in [1.29, 1.82) is 0 Å². The molecule has 0 bridgehead atoms. The van der Waals surface area contributed by atoms with Crippen LogP contribution in [0.1, 0.15) is 36.2 Å². The van der Waals surface area contributed by atoms with Gasteiger partial charge in [0.2, 0.25) is 5.91 Å². The summed E-state index contributed by atoms with van der Waals surface area (Å²) in [5.41, 5.74) is 3.29. The lowest BCUT2D eigenvalue weighted by Gasteiger charge is -2.35. The van der Waals surface area contributed by atoms with Crippen molar-refractivity contribution in [2.24, 2.45) is 7.05 Å². The van der Waals surface area contributed by atoms with E-state index in [2.05, 4.69) is 5.10 Å². The molecule has 2 saturated heterocycles. The molecule has 0 N–H and O–H groups in total. The second kappa shape index (κ2) is 7.56. The minimum atomic E-state index is -0.265. The Balaban J connectivity index is 1.47. The van der Waals surface area contributed by atoms with E-state index in [-0.39, 0.29) is 17.9 Å². The zero-order valence-electron chi connectivity index (χ0n) is 15.5. The van der Waals surface area contributed by atoms with Gasteiger partial charge in [-0.1, -0.05) is 0 Å². The summed E-state index contributed by atoms with van der Waals surface area (Å²) in [4.78, 5) is 28.6. The van der Waals surface area contributed by atoms with Crippen LogP contribution >= 0.6 is 0 Å². The van der Waals surface area contributed by atoms with Gasteiger partial charge in [0, 0.05) is 51.9 Å². The highest BCUT2D eigenvalue weighted by molar-refractivity contribution is 5.82. The monoisotopic (exact) mass is 348 g/mol. The molecule has 138 valence electrons. The van der Waals surface area contributed by atoms with Crippen molar-refractivity contribution < 1.29 is 14.3 Å². The average molecular weight is 348 g/mol. The van der Waals surface area contributed by atoms with E-state index < -0.39 is 0 Å². The van der Waals surface area contributed by atoms with Crippen molar-refractivity contribution in [1.82, 2.24) is 19.6 Å². The molecular formula is C18H28N4O3. The third kappa shape index (κ3) is 3.86.